The number of amides is 2. The molecule has 0 bridgehead atoms. The van der Waals surface area contributed by atoms with E-state index in [-0.39, 0.29) is 17.9 Å². The Bertz CT molecular complexity index is 1020. The Kier molecular flexibility index (Phi) is 5.48. The first-order chi connectivity index (χ1) is 15.1. The zero-order valence-corrected chi connectivity index (χ0v) is 18.1. The highest BCUT2D eigenvalue weighted by Crippen LogP contribution is 2.39. The molecule has 0 N–H and O–H groups in total. The van der Waals surface area contributed by atoms with Gasteiger partial charge in [0.25, 0.3) is 5.91 Å². The number of fused-ring (bicyclic) bond motifs is 1. The second-order valence-electron chi connectivity index (χ2n) is 8.23. The molecule has 1 atom stereocenters. The van der Waals surface area contributed by atoms with E-state index < -0.39 is 0 Å². The van der Waals surface area contributed by atoms with Crippen molar-refractivity contribution in [2.45, 2.75) is 38.1 Å². The molecule has 2 amide bonds. The van der Waals surface area contributed by atoms with E-state index >= 15 is 0 Å². The van der Waals surface area contributed by atoms with E-state index in [1.165, 1.54) is 0 Å². The summed E-state index contributed by atoms with van der Waals surface area (Å²) in [6.07, 6.45) is 4.03. The fraction of sp³-hybridized carbons (Fsp3) is 0.417. The van der Waals surface area contributed by atoms with Gasteiger partial charge in [0.05, 0.1) is 30.0 Å². The lowest BCUT2D eigenvalue weighted by molar-refractivity contribution is -0.117. The number of halogens is 1. The molecule has 0 aromatic heterocycles. The van der Waals surface area contributed by atoms with Crippen molar-refractivity contribution >= 4 is 29.1 Å². The van der Waals surface area contributed by atoms with Gasteiger partial charge in [-0.15, -0.1) is 0 Å². The minimum atomic E-state index is -0.0424. The fourth-order valence-electron chi connectivity index (χ4n) is 4.66. The van der Waals surface area contributed by atoms with Crippen molar-refractivity contribution in [3.8, 4) is 11.5 Å². The highest BCUT2D eigenvalue weighted by Gasteiger charge is 2.32. The van der Waals surface area contributed by atoms with Crippen molar-refractivity contribution in [1.29, 1.82) is 0 Å². The largest absolute Gasteiger partial charge is 0.490 e. The fourth-order valence-corrected chi connectivity index (χ4v) is 4.88. The van der Waals surface area contributed by atoms with Crippen LogP contribution in [0.5, 0.6) is 11.5 Å². The topological polar surface area (TPSA) is 59.1 Å². The van der Waals surface area contributed by atoms with Crippen LogP contribution in [0.25, 0.3) is 0 Å². The van der Waals surface area contributed by atoms with Crippen LogP contribution in [-0.2, 0) is 4.79 Å². The van der Waals surface area contributed by atoms with Crippen molar-refractivity contribution in [2.24, 2.45) is 0 Å². The lowest BCUT2D eigenvalue weighted by atomic mass is 10.0. The van der Waals surface area contributed by atoms with E-state index in [4.69, 9.17) is 21.1 Å². The molecule has 3 aliphatic heterocycles. The summed E-state index contributed by atoms with van der Waals surface area (Å²) in [5.74, 6) is 1.52. The molecule has 5 rings (SSSR count). The number of ether oxygens (including phenoxy) is 2. The van der Waals surface area contributed by atoms with E-state index in [1.54, 1.807) is 23.1 Å². The zero-order chi connectivity index (χ0) is 21.4. The zero-order valence-electron chi connectivity index (χ0n) is 17.3. The summed E-state index contributed by atoms with van der Waals surface area (Å²) in [6, 6.07) is 11.2. The normalized spacial score (nSPS) is 20.8. The minimum Gasteiger partial charge on any atom is -0.490 e. The monoisotopic (exact) mass is 440 g/mol. The second kappa shape index (κ2) is 8.42. The van der Waals surface area contributed by atoms with Gasteiger partial charge in [0.1, 0.15) is 0 Å². The quantitative estimate of drug-likeness (QED) is 0.699. The van der Waals surface area contributed by atoms with Gasteiger partial charge in [0, 0.05) is 31.5 Å². The third-order valence-electron chi connectivity index (χ3n) is 6.23. The number of likely N-dealkylation sites (tertiary alicyclic amines) is 1. The first kappa shape index (κ1) is 20.2. The van der Waals surface area contributed by atoms with Crippen molar-refractivity contribution in [3.05, 3.63) is 52.5 Å². The van der Waals surface area contributed by atoms with Crippen LogP contribution in [0.2, 0.25) is 5.02 Å². The lowest BCUT2D eigenvalue weighted by Gasteiger charge is -2.26. The van der Waals surface area contributed by atoms with Gasteiger partial charge in [-0.2, -0.15) is 0 Å². The second-order valence-corrected chi connectivity index (χ2v) is 8.64. The summed E-state index contributed by atoms with van der Waals surface area (Å²) >= 11 is 6.37. The Hall–Kier alpha value is -2.73. The number of hydrogen-bond acceptors (Lipinski definition) is 4. The maximum Gasteiger partial charge on any atom is 0.254 e. The molecule has 0 saturated carbocycles. The van der Waals surface area contributed by atoms with Gasteiger partial charge in [0.15, 0.2) is 11.5 Å². The molecule has 3 aliphatic rings. The number of rotatable bonds is 3. The number of anilines is 1. The molecule has 1 unspecified atom stereocenters. The molecular weight excluding hydrogens is 416 g/mol. The van der Waals surface area contributed by atoms with Gasteiger partial charge >= 0.3 is 0 Å². The number of carbonyl (C=O) groups excluding carboxylic acids is 2. The molecule has 2 fully saturated rings. The molecule has 0 radical (unpaired) electrons. The standard InChI is InChI=1S/C24H25ClN2O4/c25-18-8-6-17(14-20(18)26-10-2-5-23(26)28)24(29)27-11-1-4-19(27)16-7-9-21-22(15-16)31-13-3-12-30-21/h6-9,14-15,19H,1-5,10-13H2. The summed E-state index contributed by atoms with van der Waals surface area (Å²) in [5, 5.41) is 0.493. The minimum absolute atomic E-state index is 0.0165. The van der Waals surface area contributed by atoms with Crippen molar-refractivity contribution in [3.63, 3.8) is 0 Å². The van der Waals surface area contributed by atoms with Crippen molar-refractivity contribution < 1.29 is 19.1 Å². The third kappa shape index (κ3) is 3.85. The van der Waals surface area contributed by atoms with Crippen LogP contribution in [0, 0.1) is 0 Å². The van der Waals surface area contributed by atoms with Crippen LogP contribution < -0.4 is 14.4 Å². The summed E-state index contributed by atoms with van der Waals surface area (Å²) in [7, 11) is 0. The molecular formula is C24H25ClN2O4. The van der Waals surface area contributed by atoms with Gasteiger partial charge < -0.3 is 19.3 Å². The van der Waals surface area contributed by atoms with Gasteiger partial charge in [-0.1, -0.05) is 17.7 Å². The number of carbonyl (C=O) groups is 2. The van der Waals surface area contributed by atoms with E-state index in [0.717, 1.165) is 42.7 Å². The first-order valence-electron chi connectivity index (χ1n) is 10.9. The number of hydrogen-bond donors (Lipinski definition) is 0. The van der Waals surface area contributed by atoms with Gasteiger partial charge in [0.2, 0.25) is 5.91 Å². The van der Waals surface area contributed by atoms with E-state index in [2.05, 4.69) is 0 Å². The van der Waals surface area contributed by atoms with Gasteiger partial charge in [-0.25, -0.2) is 0 Å². The summed E-state index contributed by atoms with van der Waals surface area (Å²) in [6.45, 7) is 2.61. The van der Waals surface area contributed by atoms with Crippen LogP contribution in [-0.4, -0.2) is 43.0 Å². The molecule has 0 aliphatic carbocycles. The number of nitrogens with zero attached hydrogens (tertiary/aromatic N) is 2. The molecule has 3 heterocycles. The van der Waals surface area contributed by atoms with Gasteiger partial charge in [-0.3, -0.25) is 9.59 Å². The lowest BCUT2D eigenvalue weighted by Crippen LogP contribution is -2.31. The van der Waals surface area contributed by atoms with Gasteiger partial charge in [-0.05, 0) is 55.2 Å². The predicted octanol–water partition coefficient (Wildman–Crippen LogP) is 4.61. The Morgan fingerprint density at radius 3 is 2.61 bits per heavy atom. The Morgan fingerprint density at radius 2 is 1.81 bits per heavy atom. The maximum atomic E-state index is 13.5. The maximum absolute atomic E-state index is 13.5. The van der Waals surface area contributed by atoms with Crippen LogP contribution in [0.15, 0.2) is 36.4 Å². The van der Waals surface area contributed by atoms with E-state index in [9.17, 15) is 9.59 Å². The highest BCUT2D eigenvalue weighted by molar-refractivity contribution is 6.34. The Morgan fingerprint density at radius 1 is 0.968 bits per heavy atom. The Labute approximate surface area is 186 Å². The highest BCUT2D eigenvalue weighted by atomic mass is 35.5. The third-order valence-corrected chi connectivity index (χ3v) is 6.55. The molecule has 31 heavy (non-hydrogen) atoms. The van der Waals surface area contributed by atoms with Crippen LogP contribution in [0.4, 0.5) is 5.69 Å². The average Bonchev–Trinajstić information content (AvgIpc) is 3.37. The number of benzene rings is 2. The van der Waals surface area contributed by atoms with Crippen LogP contribution in [0.3, 0.4) is 0 Å². The average molecular weight is 441 g/mol. The SMILES string of the molecule is O=C1CCCN1c1cc(C(=O)N2CCCC2c2ccc3c(c2)OCCCO3)ccc1Cl. The Balaban J connectivity index is 1.42. The summed E-state index contributed by atoms with van der Waals surface area (Å²) in [5.41, 5.74) is 2.24. The van der Waals surface area contributed by atoms with Crippen molar-refractivity contribution in [2.75, 3.05) is 31.2 Å². The predicted molar refractivity (Wildman–Crippen MR) is 118 cm³/mol. The molecule has 6 nitrogen and oxygen atoms in total. The van der Waals surface area contributed by atoms with Crippen molar-refractivity contribution in [1.82, 2.24) is 4.90 Å². The molecule has 2 aromatic rings. The molecule has 0 spiro atoms. The molecule has 2 aromatic carbocycles. The molecule has 2 saturated heterocycles. The molecule has 7 heteroatoms. The summed E-state index contributed by atoms with van der Waals surface area (Å²) in [4.78, 5) is 29.3. The summed E-state index contributed by atoms with van der Waals surface area (Å²) < 4.78 is 11.6. The van der Waals surface area contributed by atoms with Crippen LogP contribution >= 0.6 is 11.6 Å². The van der Waals surface area contributed by atoms with E-state index in [0.29, 0.717) is 49.0 Å². The smallest absolute Gasteiger partial charge is 0.254 e. The van der Waals surface area contributed by atoms with E-state index in [1.807, 2.05) is 23.1 Å². The first-order valence-corrected chi connectivity index (χ1v) is 11.3. The molecule has 162 valence electrons. The van der Waals surface area contributed by atoms with Crippen LogP contribution in [0.1, 0.15) is 54.1 Å².